The molecule has 0 aromatic rings. The number of carbonyl (C=O) groups is 1. The molecule has 2 bridgehead atoms. The summed E-state index contributed by atoms with van der Waals surface area (Å²) in [6, 6.07) is 0. The van der Waals surface area contributed by atoms with Gasteiger partial charge < -0.3 is 84.6 Å². The predicted octanol–water partition coefficient (Wildman–Crippen LogP) is -2.78. The minimum Gasteiger partial charge on any atom is -0.432 e. The Bertz CT molecular complexity index is 1520. The van der Waals surface area contributed by atoms with E-state index in [0.717, 1.165) is 12.0 Å². The summed E-state index contributed by atoms with van der Waals surface area (Å²) in [7, 11) is 0. The largest absolute Gasteiger partial charge is 0.432 e. The normalized spacial score (nSPS) is 53.7. The molecule has 3 heterocycles. The van der Waals surface area contributed by atoms with Crippen LogP contribution in [0.1, 0.15) is 71.6 Å². The van der Waals surface area contributed by atoms with Crippen molar-refractivity contribution in [2.75, 3.05) is 19.8 Å². The Morgan fingerprint density at radius 1 is 0.702 bits per heavy atom. The lowest BCUT2D eigenvalue weighted by Crippen LogP contribution is -2.65. The first-order valence-corrected chi connectivity index (χ1v) is 20.1. The number of rotatable bonds is 9. The van der Waals surface area contributed by atoms with E-state index in [9.17, 15) is 61.0 Å². The van der Waals surface area contributed by atoms with Crippen LogP contribution < -0.4 is 0 Å². The number of aliphatic hydroxyl groups excluding tert-OH is 11. The Morgan fingerprint density at radius 3 is 1.84 bits per heavy atom. The minimum absolute atomic E-state index is 0.109. The van der Waals surface area contributed by atoms with E-state index in [1.165, 1.54) is 0 Å². The van der Waals surface area contributed by atoms with Crippen LogP contribution in [0.2, 0.25) is 0 Å². The van der Waals surface area contributed by atoms with Gasteiger partial charge in [0, 0.05) is 5.57 Å². The Balaban J connectivity index is 1.11. The zero-order chi connectivity index (χ0) is 41.4. The second kappa shape index (κ2) is 16.0. The number of hydrogen-bond acceptors (Lipinski definition) is 18. The summed E-state index contributed by atoms with van der Waals surface area (Å²) in [6.45, 7) is 5.95. The number of aliphatic hydroxyl groups is 11. The molecule has 0 aromatic heterocycles. The number of ether oxygens (including phenoxy) is 6. The van der Waals surface area contributed by atoms with E-state index >= 15 is 0 Å². The highest BCUT2D eigenvalue weighted by molar-refractivity contribution is 5.77. The van der Waals surface area contributed by atoms with Gasteiger partial charge in [0.05, 0.1) is 25.2 Å². The molecule has 16 unspecified atom stereocenters. The molecule has 7 fully saturated rings. The van der Waals surface area contributed by atoms with Crippen LogP contribution in [0.3, 0.4) is 0 Å². The fourth-order valence-electron chi connectivity index (χ4n) is 12.1. The molecule has 11 N–H and O–H groups in total. The lowest BCUT2D eigenvalue weighted by atomic mass is 9.41. The van der Waals surface area contributed by atoms with Gasteiger partial charge in [-0.25, -0.2) is 0 Å². The minimum atomic E-state index is -1.87. The summed E-state index contributed by atoms with van der Waals surface area (Å²) in [6.07, 6.45) is -18.3. The van der Waals surface area contributed by atoms with Crippen LogP contribution in [0.15, 0.2) is 17.9 Å². The molecule has 0 amide bonds. The molecule has 1 spiro atoms. The van der Waals surface area contributed by atoms with Gasteiger partial charge in [0.2, 0.25) is 6.29 Å². The summed E-state index contributed by atoms with van der Waals surface area (Å²) in [4.78, 5) is 14.6. The smallest absolute Gasteiger partial charge is 0.314 e. The van der Waals surface area contributed by atoms with Crippen molar-refractivity contribution in [2.24, 2.45) is 28.1 Å². The van der Waals surface area contributed by atoms with Crippen molar-refractivity contribution in [3.05, 3.63) is 17.9 Å². The fraction of sp³-hybridized carbons (Fsp3) is 0.897. The highest BCUT2D eigenvalue weighted by Crippen LogP contribution is 2.73. The van der Waals surface area contributed by atoms with Crippen molar-refractivity contribution in [2.45, 2.75) is 169 Å². The van der Waals surface area contributed by atoms with E-state index in [4.69, 9.17) is 28.4 Å². The average molecular weight is 817 g/mol. The van der Waals surface area contributed by atoms with E-state index in [1.807, 2.05) is 6.92 Å². The molecule has 18 nitrogen and oxygen atoms in total. The summed E-state index contributed by atoms with van der Waals surface area (Å²) < 4.78 is 35.5. The summed E-state index contributed by atoms with van der Waals surface area (Å²) in [5, 5.41) is 114. The molecule has 57 heavy (non-hydrogen) atoms. The lowest BCUT2D eigenvalue weighted by Gasteiger charge is -2.64. The maximum Gasteiger partial charge on any atom is 0.314 e. The van der Waals surface area contributed by atoms with Crippen LogP contribution in [-0.4, -0.2) is 180 Å². The molecule has 7 aliphatic rings. The van der Waals surface area contributed by atoms with Gasteiger partial charge in [-0.05, 0) is 81.0 Å². The third kappa shape index (κ3) is 6.95. The highest BCUT2D eigenvalue weighted by atomic mass is 16.8. The van der Waals surface area contributed by atoms with Crippen LogP contribution in [0.4, 0.5) is 0 Å². The van der Waals surface area contributed by atoms with E-state index in [2.05, 4.69) is 19.2 Å². The van der Waals surface area contributed by atoms with Gasteiger partial charge in [-0.15, -0.1) is 5.73 Å². The third-order valence-corrected chi connectivity index (χ3v) is 15.1. The maximum atomic E-state index is 14.6. The summed E-state index contributed by atoms with van der Waals surface area (Å²) >= 11 is 0. The third-order valence-electron chi connectivity index (χ3n) is 15.1. The molecular formula is C39H60O18. The molecule has 0 aromatic carbocycles. The molecule has 3 saturated heterocycles. The number of esters is 1. The lowest BCUT2D eigenvalue weighted by molar-refractivity contribution is -0.363. The molecule has 21 atom stereocenters. The monoisotopic (exact) mass is 816 g/mol. The first-order valence-electron chi connectivity index (χ1n) is 20.1. The van der Waals surface area contributed by atoms with Gasteiger partial charge in [0.15, 0.2) is 18.7 Å². The maximum absolute atomic E-state index is 14.6. The van der Waals surface area contributed by atoms with Crippen LogP contribution in [0.5, 0.6) is 0 Å². The van der Waals surface area contributed by atoms with E-state index in [1.54, 1.807) is 0 Å². The quantitative estimate of drug-likeness (QED) is 0.0637. The topological polar surface area (TPSA) is 295 Å². The van der Waals surface area contributed by atoms with Gasteiger partial charge in [-0.3, -0.25) is 4.79 Å². The van der Waals surface area contributed by atoms with Crippen molar-refractivity contribution in [3.8, 4) is 0 Å². The van der Waals surface area contributed by atoms with Gasteiger partial charge in [-0.1, -0.05) is 19.9 Å². The molecule has 3 aliphatic heterocycles. The molecule has 18 heteroatoms. The van der Waals surface area contributed by atoms with E-state index in [0.29, 0.717) is 51.4 Å². The number of carbonyl (C=O) groups excluding carboxylic acids is 1. The molecule has 0 radical (unpaired) electrons. The Labute approximate surface area is 330 Å². The molecule has 324 valence electrons. The van der Waals surface area contributed by atoms with Crippen molar-refractivity contribution >= 4 is 5.97 Å². The van der Waals surface area contributed by atoms with E-state index in [-0.39, 0.29) is 22.7 Å². The van der Waals surface area contributed by atoms with E-state index < -0.39 is 129 Å². The summed E-state index contributed by atoms with van der Waals surface area (Å²) in [5.74, 6) is -0.733. The SMILES string of the molecule is C=C=C1C[C@@]23CCC4[C@](C)(C(=O)OC5OC(CO)C(O)C(O)C5OC5OC(CO)C(O)C(O)C5O)CCC[C@@]4(C)[C@@H]2CC[C@]1(OC1OC(CO)C(O)C(O)C1O)C3. The van der Waals surface area contributed by atoms with Gasteiger partial charge in [0.1, 0.15) is 72.7 Å². The highest BCUT2D eigenvalue weighted by Gasteiger charge is 2.69. The molecule has 7 rings (SSSR count). The Kier molecular flexibility index (Phi) is 12.2. The van der Waals surface area contributed by atoms with Crippen molar-refractivity contribution in [3.63, 3.8) is 0 Å². The number of fused-ring (bicyclic) bond motifs is 3. The van der Waals surface area contributed by atoms with Crippen LogP contribution in [0.25, 0.3) is 0 Å². The van der Waals surface area contributed by atoms with Gasteiger partial charge in [-0.2, -0.15) is 0 Å². The predicted molar refractivity (Wildman–Crippen MR) is 190 cm³/mol. The fourth-order valence-corrected chi connectivity index (χ4v) is 12.1. The zero-order valence-corrected chi connectivity index (χ0v) is 32.3. The first kappa shape index (κ1) is 43.4. The zero-order valence-electron chi connectivity index (χ0n) is 32.3. The van der Waals surface area contributed by atoms with Crippen LogP contribution in [0, 0.1) is 28.1 Å². The molecule has 4 aliphatic carbocycles. The summed E-state index contributed by atoms with van der Waals surface area (Å²) in [5.41, 5.74) is 1.27. The average Bonchev–Trinajstić information content (AvgIpc) is 3.42. The standard InChI is InChI=1S/C39H60O18/c1-4-17-12-38-10-6-21-36(2,22(38)7-11-39(17,16-38)57-33-30(50)27(47)24(44)19(14-41)53-33)8-5-9-37(21,3)35(51)56-34-31(28(48)25(45)20(15-42)54-34)55-32-29(49)26(46)23(43)18(13-40)52-32/h18-34,40-50H,1,5-16H2,2-3H3/t18?,19?,20?,21?,22-,23?,24?,25?,26?,27?,28?,29?,30?,31?,32?,33?,34?,36+,37+,38+,39-/m0/s1. The second-order valence-electron chi connectivity index (χ2n) is 18.1. The Hall–Kier alpha value is -1.65. The molecule has 4 saturated carbocycles. The van der Waals surface area contributed by atoms with Crippen molar-refractivity contribution < 1.29 is 89.4 Å². The second-order valence-corrected chi connectivity index (χ2v) is 18.1. The first-order chi connectivity index (χ1) is 26.9. The van der Waals surface area contributed by atoms with Crippen molar-refractivity contribution in [1.29, 1.82) is 0 Å². The van der Waals surface area contributed by atoms with Gasteiger partial charge in [0.25, 0.3) is 0 Å². The number of hydrogen-bond donors (Lipinski definition) is 11. The van der Waals surface area contributed by atoms with Gasteiger partial charge >= 0.3 is 5.97 Å². The molecular weight excluding hydrogens is 756 g/mol. The van der Waals surface area contributed by atoms with Crippen LogP contribution in [-0.2, 0) is 33.2 Å². The van der Waals surface area contributed by atoms with Crippen LogP contribution >= 0.6 is 0 Å². The van der Waals surface area contributed by atoms with Crippen molar-refractivity contribution in [1.82, 2.24) is 0 Å². The Morgan fingerprint density at radius 2 is 1.25 bits per heavy atom.